The summed E-state index contributed by atoms with van der Waals surface area (Å²) in [5.41, 5.74) is 3.54. The van der Waals surface area contributed by atoms with E-state index < -0.39 is 0 Å². The highest BCUT2D eigenvalue weighted by atomic mass is 35.5. The molecule has 0 saturated heterocycles. The maximum absolute atomic E-state index is 6.38. The molecule has 9 heteroatoms. The number of nitrogens with one attached hydrogen (secondary N) is 1. The highest BCUT2D eigenvalue weighted by Crippen LogP contribution is 2.33. The van der Waals surface area contributed by atoms with Crippen molar-refractivity contribution in [3.63, 3.8) is 0 Å². The molecular formula is C21H14Cl2N6S. The van der Waals surface area contributed by atoms with E-state index in [9.17, 15) is 0 Å². The highest BCUT2D eigenvalue weighted by Gasteiger charge is 2.15. The molecule has 5 rings (SSSR count). The summed E-state index contributed by atoms with van der Waals surface area (Å²) < 4.78 is 1.76. The van der Waals surface area contributed by atoms with Gasteiger partial charge in [-0.1, -0.05) is 53.5 Å². The van der Waals surface area contributed by atoms with Crippen molar-refractivity contribution in [2.24, 2.45) is 0 Å². The number of aryl methyl sites for hydroxylation is 1. The second-order valence-electron chi connectivity index (χ2n) is 6.55. The third-order valence-electron chi connectivity index (χ3n) is 4.44. The van der Waals surface area contributed by atoms with Gasteiger partial charge in [-0.15, -0.1) is 16.4 Å². The van der Waals surface area contributed by atoms with Crippen LogP contribution in [-0.2, 0) is 0 Å². The van der Waals surface area contributed by atoms with Gasteiger partial charge in [-0.05, 0) is 25.1 Å². The summed E-state index contributed by atoms with van der Waals surface area (Å²) in [6, 6.07) is 17.2. The molecule has 0 aliphatic heterocycles. The fraction of sp³-hybridized carbons (Fsp3) is 0.0476. The van der Waals surface area contributed by atoms with Crippen molar-refractivity contribution in [2.45, 2.75) is 6.92 Å². The molecule has 0 radical (unpaired) electrons. The van der Waals surface area contributed by atoms with Gasteiger partial charge in [0, 0.05) is 27.6 Å². The lowest BCUT2D eigenvalue weighted by Crippen LogP contribution is -2.00. The molecule has 0 aliphatic rings. The molecule has 0 spiro atoms. The maximum Gasteiger partial charge on any atom is 0.249 e. The Bertz CT molecular complexity index is 1360. The van der Waals surface area contributed by atoms with Gasteiger partial charge < -0.3 is 5.32 Å². The number of nitrogens with zero attached hydrogens (tertiary/aromatic N) is 5. The number of benzene rings is 2. The minimum atomic E-state index is 0.449. The zero-order valence-corrected chi connectivity index (χ0v) is 18.0. The molecule has 148 valence electrons. The Morgan fingerprint density at radius 1 is 0.967 bits per heavy atom. The summed E-state index contributed by atoms with van der Waals surface area (Å²) in [7, 11) is 0. The van der Waals surface area contributed by atoms with E-state index in [-0.39, 0.29) is 0 Å². The number of aromatic nitrogens is 5. The molecule has 3 heterocycles. The van der Waals surface area contributed by atoms with E-state index in [1.54, 1.807) is 16.6 Å². The summed E-state index contributed by atoms with van der Waals surface area (Å²) in [6.45, 7) is 1.86. The molecule has 5 aromatic rings. The van der Waals surface area contributed by atoms with Crippen molar-refractivity contribution >= 4 is 51.3 Å². The van der Waals surface area contributed by atoms with Gasteiger partial charge in [-0.25, -0.2) is 14.5 Å². The first kappa shape index (κ1) is 19.0. The molecule has 0 aliphatic carbocycles. The molecule has 0 saturated carbocycles. The predicted octanol–water partition coefficient (Wildman–Crippen LogP) is 6.27. The van der Waals surface area contributed by atoms with E-state index in [2.05, 4.69) is 25.4 Å². The molecule has 0 atom stereocenters. The van der Waals surface area contributed by atoms with E-state index in [1.165, 1.54) is 11.3 Å². The van der Waals surface area contributed by atoms with Gasteiger partial charge in [-0.2, -0.15) is 4.98 Å². The Labute approximate surface area is 186 Å². The van der Waals surface area contributed by atoms with Crippen LogP contribution in [0.15, 0.2) is 60.0 Å². The molecule has 30 heavy (non-hydrogen) atoms. The summed E-state index contributed by atoms with van der Waals surface area (Å²) >= 11 is 13.9. The van der Waals surface area contributed by atoms with E-state index in [0.717, 1.165) is 27.5 Å². The maximum atomic E-state index is 6.38. The Balaban J connectivity index is 1.50. The summed E-state index contributed by atoms with van der Waals surface area (Å²) in [6.07, 6.45) is 0. The van der Waals surface area contributed by atoms with Crippen molar-refractivity contribution < 1.29 is 0 Å². The third-order valence-corrected chi connectivity index (χ3v) is 5.80. The number of fused-ring (bicyclic) bond motifs is 1. The van der Waals surface area contributed by atoms with Gasteiger partial charge in [0.05, 0.1) is 16.4 Å². The van der Waals surface area contributed by atoms with Gasteiger partial charge in [0.15, 0.2) is 0 Å². The van der Waals surface area contributed by atoms with Crippen LogP contribution in [0.4, 0.5) is 11.8 Å². The average molecular weight is 453 g/mol. The van der Waals surface area contributed by atoms with Gasteiger partial charge in [0.25, 0.3) is 0 Å². The third kappa shape index (κ3) is 3.63. The lowest BCUT2D eigenvalue weighted by atomic mass is 10.1. The van der Waals surface area contributed by atoms with Crippen LogP contribution in [0.25, 0.3) is 27.5 Å². The lowest BCUT2D eigenvalue weighted by molar-refractivity contribution is 0.983. The van der Waals surface area contributed by atoms with E-state index >= 15 is 0 Å². The van der Waals surface area contributed by atoms with Crippen LogP contribution in [-0.4, -0.2) is 24.6 Å². The Hall–Kier alpha value is -3.00. The smallest absolute Gasteiger partial charge is 0.249 e. The fourth-order valence-electron chi connectivity index (χ4n) is 3.12. The second kappa shape index (κ2) is 7.68. The van der Waals surface area contributed by atoms with Crippen LogP contribution >= 0.6 is 34.5 Å². The van der Waals surface area contributed by atoms with Crippen molar-refractivity contribution in [1.29, 1.82) is 0 Å². The standard InChI is InChI=1S/C21H14Cl2N6S/c1-12-24-17(13-5-3-2-4-6-13)10-19(25-12)26-20-27-21-29(28-20)18(11-30-21)15-8-7-14(22)9-16(15)23/h2-11H,1H3,(H,24,25,26,28). The second-order valence-corrected chi connectivity index (χ2v) is 8.23. The quantitative estimate of drug-likeness (QED) is 0.347. The number of thiazole rings is 1. The summed E-state index contributed by atoms with van der Waals surface area (Å²) in [5.74, 6) is 1.74. The zero-order valence-electron chi connectivity index (χ0n) is 15.7. The molecule has 0 fully saturated rings. The highest BCUT2D eigenvalue weighted by molar-refractivity contribution is 7.15. The minimum Gasteiger partial charge on any atom is -0.307 e. The minimum absolute atomic E-state index is 0.449. The number of anilines is 2. The summed E-state index contributed by atoms with van der Waals surface area (Å²) in [4.78, 5) is 14.3. The molecule has 3 aromatic heterocycles. The van der Waals surface area contributed by atoms with Crippen LogP contribution < -0.4 is 5.32 Å². The Kier molecular flexibility index (Phi) is 4.86. The van der Waals surface area contributed by atoms with E-state index in [0.29, 0.717) is 27.6 Å². The van der Waals surface area contributed by atoms with Gasteiger partial charge in [0.2, 0.25) is 10.9 Å². The van der Waals surface area contributed by atoms with Crippen LogP contribution in [0.1, 0.15) is 5.82 Å². The van der Waals surface area contributed by atoms with Crippen LogP contribution in [0, 0.1) is 6.92 Å². The molecule has 0 bridgehead atoms. The first-order chi connectivity index (χ1) is 14.6. The van der Waals surface area contributed by atoms with Crippen LogP contribution in [0.3, 0.4) is 0 Å². The molecule has 1 N–H and O–H groups in total. The molecule has 6 nitrogen and oxygen atoms in total. The largest absolute Gasteiger partial charge is 0.307 e. The van der Waals surface area contributed by atoms with Crippen molar-refractivity contribution in [2.75, 3.05) is 5.32 Å². The zero-order chi connectivity index (χ0) is 20.7. The van der Waals surface area contributed by atoms with Gasteiger partial charge in [0.1, 0.15) is 11.6 Å². The van der Waals surface area contributed by atoms with Crippen molar-refractivity contribution in [3.05, 3.63) is 75.8 Å². The Morgan fingerprint density at radius 3 is 2.60 bits per heavy atom. The van der Waals surface area contributed by atoms with Crippen LogP contribution in [0.5, 0.6) is 0 Å². The van der Waals surface area contributed by atoms with Gasteiger partial charge >= 0.3 is 0 Å². The number of halogens is 2. The van der Waals surface area contributed by atoms with Crippen LogP contribution in [0.2, 0.25) is 10.0 Å². The lowest BCUT2D eigenvalue weighted by Gasteiger charge is -2.06. The van der Waals surface area contributed by atoms with Gasteiger partial charge in [-0.3, -0.25) is 0 Å². The first-order valence-corrected chi connectivity index (χ1v) is 10.7. The predicted molar refractivity (Wildman–Crippen MR) is 122 cm³/mol. The molecular weight excluding hydrogens is 439 g/mol. The Morgan fingerprint density at radius 2 is 1.80 bits per heavy atom. The molecule has 2 aromatic carbocycles. The monoisotopic (exact) mass is 452 g/mol. The van der Waals surface area contributed by atoms with E-state index in [4.69, 9.17) is 23.2 Å². The summed E-state index contributed by atoms with van der Waals surface area (Å²) in [5, 5.41) is 10.9. The SMILES string of the molecule is Cc1nc(Nc2nc3scc(-c4ccc(Cl)cc4Cl)n3n2)cc(-c2ccccc2)n1. The topological polar surface area (TPSA) is 68.0 Å². The molecule has 0 amide bonds. The average Bonchev–Trinajstić information content (AvgIpc) is 3.29. The van der Waals surface area contributed by atoms with Crippen molar-refractivity contribution in [3.8, 4) is 22.5 Å². The number of rotatable bonds is 4. The van der Waals surface area contributed by atoms with Crippen molar-refractivity contribution in [1.82, 2.24) is 24.6 Å². The fourth-order valence-corrected chi connectivity index (χ4v) is 4.45. The number of hydrogen-bond donors (Lipinski definition) is 1. The number of hydrogen-bond acceptors (Lipinski definition) is 6. The van der Waals surface area contributed by atoms with E-state index in [1.807, 2.05) is 54.8 Å². The first-order valence-electron chi connectivity index (χ1n) is 9.04. The normalized spacial score (nSPS) is 11.2. The molecule has 0 unspecified atom stereocenters.